The first-order valence-electron chi connectivity index (χ1n) is 6.88. The van der Waals surface area contributed by atoms with E-state index in [0.717, 1.165) is 31.8 Å². The van der Waals surface area contributed by atoms with Crippen molar-refractivity contribution in [1.82, 2.24) is 0 Å². The molecule has 1 saturated carbocycles. The molecule has 3 heteroatoms. The van der Waals surface area contributed by atoms with E-state index in [1.54, 1.807) is 0 Å². The van der Waals surface area contributed by atoms with Crippen LogP contribution < -0.4 is 0 Å². The Hall–Kier alpha value is -0.700. The van der Waals surface area contributed by atoms with Crippen LogP contribution in [0.15, 0.2) is 0 Å². The molecule has 1 rings (SSSR count). The molecule has 1 aliphatic rings. The molecule has 0 radical (unpaired) electrons. The number of hydrogen-bond acceptors (Lipinski definition) is 3. The summed E-state index contributed by atoms with van der Waals surface area (Å²) in [5, 5.41) is 0. The molecular weight excluding hydrogens is 228 g/mol. The van der Waals surface area contributed by atoms with Gasteiger partial charge in [-0.2, -0.15) is 0 Å². The van der Waals surface area contributed by atoms with Crippen molar-refractivity contribution in [3.05, 3.63) is 0 Å². The van der Waals surface area contributed by atoms with E-state index in [1.807, 2.05) is 20.8 Å². The summed E-state index contributed by atoms with van der Waals surface area (Å²) in [6.07, 6.45) is 6.12. The van der Waals surface area contributed by atoms with Crippen LogP contribution in [0.25, 0.3) is 0 Å². The molecule has 0 heterocycles. The van der Waals surface area contributed by atoms with Crippen LogP contribution in [0.3, 0.4) is 0 Å². The predicted molar refractivity (Wildman–Crippen MR) is 71.4 cm³/mol. The Labute approximate surface area is 110 Å². The summed E-state index contributed by atoms with van der Waals surface area (Å²) in [5.74, 6) is 0.265. The summed E-state index contributed by atoms with van der Waals surface area (Å²) in [6.45, 7) is 8.22. The maximum Gasteiger partial charge on any atom is 0.120 e. The largest absolute Gasteiger partial charge is 0.372 e. The van der Waals surface area contributed by atoms with Gasteiger partial charge in [0.25, 0.3) is 0 Å². The molecule has 104 valence electrons. The van der Waals surface area contributed by atoms with Crippen molar-refractivity contribution < 1.29 is 14.3 Å². The van der Waals surface area contributed by atoms with Gasteiger partial charge in [-0.25, -0.2) is 0 Å². The second-order valence-corrected chi connectivity index (χ2v) is 6.63. The fourth-order valence-electron chi connectivity index (χ4n) is 3.07. The zero-order valence-corrected chi connectivity index (χ0v) is 12.1. The highest BCUT2D eigenvalue weighted by atomic mass is 16.5. The minimum atomic E-state index is -0.210. The summed E-state index contributed by atoms with van der Waals surface area (Å²) < 4.78 is 6.15. The Kier molecular flexibility index (Phi) is 5.09. The third-order valence-electron chi connectivity index (χ3n) is 4.09. The van der Waals surface area contributed by atoms with Crippen molar-refractivity contribution in [2.75, 3.05) is 0 Å². The topological polar surface area (TPSA) is 43.4 Å². The summed E-state index contributed by atoms with van der Waals surface area (Å²) in [6, 6.07) is 0. The van der Waals surface area contributed by atoms with Crippen molar-refractivity contribution in [3.8, 4) is 0 Å². The van der Waals surface area contributed by atoms with E-state index in [2.05, 4.69) is 6.92 Å². The lowest BCUT2D eigenvalue weighted by Crippen LogP contribution is -2.47. The van der Waals surface area contributed by atoms with Gasteiger partial charge in [0.15, 0.2) is 0 Å². The highest BCUT2D eigenvalue weighted by Gasteiger charge is 2.45. The van der Waals surface area contributed by atoms with E-state index >= 15 is 0 Å². The minimum Gasteiger partial charge on any atom is -0.372 e. The Morgan fingerprint density at radius 3 is 2.39 bits per heavy atom. The first-order valence-corrected chi connectivity index (χ1v) is 6.88. The van der Waals surface area contributed by atoms with Gasteiger partial charge in [-0.05, 0) is 39.5 Å². The summed E-state index contributed by atoms with van der Waals surface area (Å²) in [7, 11) is 0. The normalized spacial score (nSPS) is 33.1. The van der Waals surface area contributed by atoms with Crippen molar-refractivity contribution in [3.63, 3.8) is 0 Å². The molecule has 3 atom stereocenters. The Bertz CT molecular complexity index is 293. The maximum atomic E-state index is 11.0. The first-order chi connectivity index (χ1) is 8.33. The quantitative estimate of drug-likeness (QED) is 0.708. The molecule has 0 N–H and O–H groups in total. The Morgan fingerprint density at radius 2 is 1.89 bits per heavy atom. The third kappa shape index (κ3) is 3.64. The molecule has 1 fully saturated rings. The lowest BCUT2D eigenvalue weighted by Gasteiger charge is -2.48. The van der Waals surface area contributed by atoms with Gasteiger partial charge in [0.1, 0.15) is 12.6 Å². The van der Waals surface area contributed by atoms with Crippen LogP contribution in [-0.4, -0.2) is 24.3 Å². The average molecular weight is 254 g/mol. The van der Waals surface area contributed by atoms with Crippen molar-refractivity contribution in [2.24, 2.45) is 11.3 Å². The SMILES string of the molecule is CC(C)(C)O[C@H]1CCCC(CC=O)[C@]1(C)CC=O. The second-order valence-electron chi connectivity index (χ2n) is 6.63. The van der Waals surface area contributed by atoms with Crippen molar-refractivity contribution in [2.45, 2.75) is 71.5 Å². The van der Waals surface area contributed by atoms with Crippen LogP contribution in [0.4, 0.5) is 0 Å². The fraction of sp³-hybridized carbons (Fsp3) is 0.867. The summed E-state index contributed by atoms with van der Waals surface area (Å²) >= 11 is 0. The van der Waals surface area contributed by atoms with Gasteiger partial charge < -0.3 is 14.3 Å². The fourth-order valence-corrected chi connectivity index (χ4v) is 3.07. The molecule has 0 spiro atoms. The molecule has 0 aliphatic heterocycles. The van der Waals surface area contributed by atoms with E-state index < -0.39 is 0 Å². The predicted octanol–water partition coefficient (Wildman–Crippen LogP) is 3.15. The highest BCUT2D eigenvalue weighted by molar-refractivity contribution is 5.53. The van der Waals surface area contributed by atoms with E-state index in [9.17, 15) is 9.59 Å². The van der Waals surface area contributed by atoms with E-state index in [-0.39, 0.29) is 23.0 Å². The Morgan fingerprint density at radius 1 is 1.22 bits per heavy atom. The molecule has 0 aromatic rings. The lowest BCUT2D eigenvalue weighted by atomic mass is 9.63. The lowest BCUT2D eigenvalue weighted by molar-refractivity contribution is -0.155. The molecule has 0 amide bonds. The standard InChI is InChI=1S/C15H26O3/c1-14(2,3)18-13-7-5-6-12(8-10-16)15(13,4)9-11-17/h10-13H,5-9H2,1-4H3/t12?,13-,15-/m0/s1. The van der Waals surface area contributed by atoms with E-state index in [1.165, 1.54) is 0 Å². The molecule has 0 saturated heterocycles. The van der Waals surface area contributed by atoms with Crippen LogP contribution in [0, 0.1) is 11.3 Å². The molecule has 0 aromatic carbocycles. The van der Waals surface area contributed by atoms with Gasteiger partial charge in [0, 0.05) is 18.3 Å². The van der Waals surface area contributed by atoms with Crippen molar-refractivity contribution in [1.29, 1.82) is 0 Å². The summed E-state index contributed by atoms with van der Waals surface area (Å²) in [5.41, 5.74) is -0.411. The molecule has 1 aliphatic carbocycles. The monoisotopic (exact) mass is 254 g/mol. The van der Waals surface area contributed by atoms with Crippen LogP contribution in [0.5, 0.6) is 0 Å². The number of carbonyl (C=O) groups is 2. The van der Waals surface area contributed by atoms with E-state index in [0.29, 0.717) is 12.8 Å². The number of hydrogen-bond donors (Lipinski definition) is 0. The van der Waals surface area contributed by atoms with Gasteiger partial charge in [-0.3, -0.25) is 0 Å². The van der Waals surface area contributed by atoms with Gasteiger partial charge in [-0.15, -0.1) is 0 Å². The van der Waals surface area contributed by atoms with Crippen LogP contribution in [0.2, 0.25) is 0 Å². The molecular formula is C15H26O3. The number of aldehydes is 2. The molecule has 3 nitrogen and oxygen atoms in total. The van der Waals surface area contributed by atoms with E-state index in [4.69, 9.17) is 4.74 Å². The zero-order valence-electron chi connectivity index (χ0n) is 12.1. The number of ether oxygens (including phenoxy) is 1. The zero-order chi connectivity index (χ0) is 13.8. The van der Waals surface area contributed by atoms with Gasteiger partial charge in [0.05, 0.1) is 11.7 Å². The third-order valence-corrected chi connectivity index (χ3v) is 4.09. The molecule has 0 aromatic heterocycles. The Balaban J connectivity index is 2.91. The average Bonchev–Trinajstić information content (AvgIpc) is 2.23. The smallest absolute Gasteiger partial charge is 0.120 e. The first kappa shape index (κ1) is 15.4. The maximum absolute atomic E-state index is 11.0. The van der Waals surface area contributed by atoms with Crippen LogP contribution in [-0.2, 0) is 14.3 Å². The second kappa shape index (κ2) is 5.96. The number of carbonyl (C=O) groups excluding carboxylic acids is 2. The molecule has 18 heavy (non-hydrogen) atoms. The minimum absolute atomic E-state index is 0.0707. The number of rotatable bonds is 5. The summed E-state index contributed by atoms with van der Waals surface area (Å²) in [4.78, 5) is 21.8. The van der Waals surface area contributed by atoms with Crippen molar-refractivity contribution >= 4 is 12.6 Å². The van der Waals surface area contributed by atoms with Crippen LogP contribution in [0.1, 0.15) is 59.8 Å². The molecule has 1 unspecified atom stereocenters. The van der Waals surface area contributed by atoms with Gasteiger partial charge in [0.2, 0.25) is 0 Å². The van der Waals surface area contributed by atoms with Gasteiger partial charge >= 0.3 is 0 Å². The molecule has 0 bridgehead atoms. The highest BCUT2D eigenvalue weighted by Crippen LogP contribution is 2.47. The van der Waals surface area contributed by atoms with Gasteiger partial charge in [-0.1, -0.05) is 13.3 Å². The van der Waals surface area contributed by atoms with Crippen LogP contribution >= 0.6 is 0 Å².